The van der Waals surface area contributed by atoms with Crippen molar-refractivity contribution in [2.45, 2.75) is 58.9 Å². The number of rotatable bonds is 3. The second kappa shape index (κ2) is 5.64. The van der Waals surface area contributed by atoms with E-state index in [9.17, 15) is 0 Å². The Morgan fingerprint density at radius 3 is 2.62 bits per heavy atom. The predicted octanol–water partition coefficient (Wildman–Crippen LogP) is 3.20. The highest BCUT2D eigenvalue weighted by molar-refractivity contribution is 4.73. The first-order valence-corrected chi connectivity index (χ1v) is 5.92. The second-order valence-corrected chi connectivity index (χ2v) is 5.11. The van der Waals surface area contributed by atoms with Gasteiger partial charge in [-0.1, -0.05) is 33.6 Å². The molecule has 0 bridgehead atoms. The molecule has 0 heterocycles. The fourth-order valence-electron chi connectivity index (χ4n) is 2.09. The average Bonchev–Trinajstić information content (AvgIpc) is 2.27. The molecule has 1 fully saturated rings. The van der Waals surface area contributed by atoms with Crippen LogP contribution in [0.3, 0.4) is 0 Å². The largest absolute Gasteiger partial charge is 0.314 e. The third-order valence-corrected chi connectivity index (χ3v) is 3.07. The summed E-state index contributed by atoms with van der Waals surface area (Å²) in [7, 11) is 0. The van der Waals surface area contributed by atoms with Gasteiger partial charge in [0, 0.05) is 6.04 Å². The molecule has 1 saturated carbocycles. The fraction of sp³-hybridized carbons (Fsp3) is 1.00. The van der Waals surface area contributed by atoms with Crippen molar-refractivity contribution in [2.75, 3.05) is 6.54 Å². The maximum atomic E-state index is 3.68. The molecule has 0 amide bonds. The topological polar surface area (TPSA) is 12.0 Å². The van der Waals surface area contributed by atoms with E-state index in [0.717, 1.165) is 17.9 Å². The Kier molecular flexibility index (Phi) is 4.79. The van der Waals surface area contributed by atoms with Gasteiger partial charge in [-0.3, -0.25) is 0 Å². The first-order chi connectivity index (χ1) is 6.18. The number of hydrogen-bond acceptors (Lipinski definition) is 1. The molecular weight excluding hydrogens is 158 g/mol. The van der Waals surface area contributed by atoms with Crippen LogP contribution in [-0.4, -0.2) is 12.6 Å². The highest BCUT2D eigenvalue weighted by atomic mass is 14.9. The molecule has 1 rings (SSSR count). The summed E-state index contributed by atoms with van der Waals surface area (Å²) in [6, 6.07) is 0.812. The Morgan fingerprint density at radius 1 is 1.15 bits per heavy atom. The Hall–Kier alpha value is -0.0400. The van der Waals surface area contributed by atoms with E-state index in [1.165, 1.54) is 38.6 Å². The van der Waals surface area contributed by atoms with Gasteiger partial charge in [0.25, 0.3) is 0 Å². The molecule has 0 spiro atoms. The molecule has 2 atom stereocenters. The van der Waals surface area contributed by atoms with Gasteiger partial charge in [-0.2, -0.15) is 0 Å². The van der Waals surface area contributed by atoms with E-state index in [0.29, 0.717) is 0 Å². The van der Waals surface area contributed by atoms with Crippen LogP contribution < -0.4 is 5.32 Å². The van der Waals surface area contributed by atoms with E-state index in [-0.39, 0.29) is 0 Å². The minimum absolute atomic E-state index is 0.792. The highest BCUT2D eigenvalue weighted by Gasteiger charge is 2.15. The Bertz CT molecular complexity index is 131. The van der Waals surface area contributed by atoms with E-state index in [2.05, 4.69) is 26.1 Å². The molecule has 0 saturated heterocycles. The molecule has 1 aliphatic rings. The maximum absolute atomic E-state index is 3.68. The summed E-state index contributed by atoms with van der Waals surface area (Å²) in [6.45, 7) is 8.16. The van der Waals surface area contributed by atoms with Gasteiger partial charge < -0.3 is 5.32 Å². The van der Waals surface area contributed by atoms with Crippen LogP contribution in [0.4, 0.5) is 0 Å². The minimum atomic E-state index is 0.792. The number of nitrogens with one attached hydrogen (secondary N) is 1. The maximum Gasteiger partial charge on any atom is 0.00672 e. The summed E-state index contributed by atoms with van der Waals surface area (Å²) < 4.78 is 0. The van der Waals surface area contributed by atoms with Crippen molar-refractivity contribution in [3.8, 4) is 0 Å². The van der Waals surface area contributed by atoms with Gasteiger partial charge in [0.05, 0.1) is 0 Å². The lowest BCUT2D eigenvalue weighted by Crippen LogP contribution is -2.31. The van der Waals surface area contributed by atoms with Crippen LogP contribution >= 0.6 is 0 Å². The van der Waals surface area contributed by atoms with E-state index in [4.69, 9.17) is 0 Å². The number of hydrogen-bond donors (Lipinski definition) is 1. The Labute approximate surface area is 83.3 Å². The zero-order valence-electron chi connectivity index (χ0n) is 9.47. The molecule has 2 unspecified atom stereocenters. The first-order valence-electron chi connectivity index (χ1n) is 5.92. The summed E-state index contributed by atoms with van der Waals surface area (Å²) in [5.74, 6) is 1.76. The van der Waals surface area contributed by atoms with Gasteiger partial charge in [-0.15, -0.1) is 0 Å². The molecule has 78 valence electrons. The van der Waals surface area contributed by atoms with Crippen LogP contribution in [0.2, 0.25) is 0 Å². The SMILES string of the molecule is CC(C)CNC1CCCC(C)CC1. The van der Waals surface area contributed by atoms with Gasteiger partial charge in [0.1, 0.15) is 0 Å². The normalized spacial score (nSPS) is 30.5. The molecule has 1 aliphatic carbocycles. The van der Waals surface area contributed by atoms with Gasteiger partial charge in [-0.05, 0) is 37.6 Å². The molecule has 0 aliphatic heterocycles. The van der Waals surface area contributed by atoms with Crippen LogP contribution in [-0.2, 0) is 0 Å². The molecule has 1 heteroatoms. The Balaban J connectivity index is 2.18. The van der Waals surface area contributed by atoms with Crippen molar-refractivity contribution in [1.82, 2.24) is 5.32 Å². The molecule has 1 N–H and O–H groups in total. The monoisotopic (exact) mass is 183 g/mol. The van der Waals surface area contributed by atoms with Gasteiger partial charge in [0.2, 0.25) is 0 Å². The molecule has 13 heavy (non-hydrogen) atoms. The summed E-state index contributed by atoms with van der Waals surface area (Å²) in [5, 5.41) is 3.68. The third-order valence-electron chi connectivity index (χ3n) is 3.07. The van der Waals surface area contributed by atoms with Crippen molar-refractivity contribution in [3.63, 3.8) is 0 Å². The van der Waals surface area contributed by atoms with Crippen molar-refractivity contribution in [3.05, 3.63) is 0 Å². The van der Waals surface area contributed by atoms with E-state index < -0.39 is 0 Å². The van der Waals surface area contributed by atoms with Crippen LogP contribution in [0.25, 0.3) is 0 Å². The van der Waals surface area contributed by atoms with Crippen LogP contribution in [0.5, 0.6) is 0 Å². The zero-order valence-corrected chi connectivity index (χ0v) is 9.47. The smallest absolute Gasteiger partial charge is 0.00672 e. The molecule has 1 nitrogen and oxygen atoms in total. The van der Waals surface area contributed by atoms with Gasteiger partial charge in [0.15, 0.2) is 0 Å². The van der Waals surface area contributed by atoms with Crippen LogP contribution in [0.15, 0.2) is 0 Å². The van der Waals surface area contributed by atoms with Crippen molar-refractivity contribution < 1.29 is 0 Å². The van der Waals surface area contributed by atoms with Crippen molar-refractivity contribution in [2.24, 2.45) is 11.8 Å². The van der Waals surface area contributed by atoms with Gasteiger partial charge in [-0.25, -0.2) is 0 Å². The third kappa shape index (κ3) is 4.66. The lowest BCUT2D eigenvalue weighted by Gasteiger charge is -2.17. The summed E-state index contributed by atoms with van der Waals surface area (Å²) in [4.78, 5) is 0. The van der Waals surface area contributed by atoms with Crippen molar-refractivity contribution in [1.29, 1.82) is 0 Å². The fourth-order valence-corrected chi connectivity index (χ4v) is 2.09. The van der Waals surface area contributed by atoms with E-state index in [1.807, 2.05) is 0 Å². The second-order valence-electron chi connectivity index (χ2n) is 5.11. The van der Waals surface area contributed by atoms with E-state index >= 15 is 0 Å². The first kappa shape index (κ1) is 11.0. The average molecular weight is 183 g/mol. The molecule has 0 aromatic heterocycles. The summed E-state index contributed by atoms with van der Waals surface area (Å²) in [5.41, 5.74) is 0. The Morgan fingerprint density at radius 2 is 1.92 bits per heavy atom. The molecule has 0 radical (unpaired) electrons. The molecular formula is C12H25N. The molecule has 0 aromatic carbocycles. The lowest BCUT2D eigenvalue weighted by molar-refractivity contribution is 0.419. The minimum Gasteiger partial charge on any atom is -0.314 e. The molecule has 0 aromatic rings. The summed E-state index contributed by atoms with van der Waals surface area (Å²) in [6.07, 6.45) is 7.09. The van der Waals surface area contributed by atoms with Crippen LogP contribution in [0.1, 0.15) is 52.9 Å². The zero-order chi connectivity index (χ0) is 9.68. The highest BCUT2D eigenvalue weighted by Crippen LogP contribution is 2.22. The van der Waals surface area contributed by atoms with Gasteiger partial charge >= 0.3 is 0 Å². The lowest BCUT2D eigenvalue weighted by atomic mass is 10.0. The quantitative estimate of drug-likeness (QED) is 0.663. The van der Waals surface area contributed by atoms with Crippen LogP contribution in [0, 0.1) is 11.8 Å². The standard InChI is InChI=1S/C12H25N/c1-10(2)9-13-12-6-4-5-11(3)7-8-12/h10-13H,4-9H2,1-3H3. The predicted molar refractivity (Wildman–Crippen MR) is 58.9 cm³/mol. The van der Waals surface area contributed by atoms with E-state index in [1.54, 1.807) is 0 Å². The van der Waals surface area contributed by atoms with Crippen molar-refractivity contribution >= 4 is 0 Å². The summed E-state index contributed by atoms with van der Waals surface area (Å²) >= 11 is 0.